The number of rotatable bonds is 7. The van der Waals surface area contributed by atoms with E-state index in [2.05, 4.69) is 46.4 Å². The van der Waals surface area contributed by atoms with Gasteiger partial charge in [0.2, 0.25) is 0 Å². The van der Waals surface area contributed by atoms with E-state index < -0.39 is 13.4 Å². The Hall–Kier alpha value is -0.870. The summed E-state index contributed by atoms with van der Waals surface area (Å²) >= 11 is 0. The fourth-order valence-electron chi connectivity index (χ4n) is 4.24. The molecule has 0 radical (unpaired) electrons. The summed E-state index contributed by atoms with van der Waals surface area (Å²) in [6.45, 7) is 18.7. The number of likely N-dealkylation sites (tertiary alicyclic amines) is 1. The predicted molar refractivity (Wildman–Crippen MR) is 125 cm³/mol. The van der Waals surface area contributed by atoms with Gasteiger partial charge in [0.25, 0.3) is 0 Å². The summed E-state index contributed by atoms with van der Waals surface area (Å²) in [7, 11) is -3.43. The molecule has 0 saturated carbocycles. The van der Waals surface area contributed by atoms with Crippen LogP contribution in [0.25, 0.3) is 0 Å². The molecule has 1 aromatic carbocycles. The minimum Gasteiger partial charge on any atom is -0.507 e. The lowest BCUT2D eigenvalue weighted by Gasteiger charge is -2.39. The zero-order valence-electron chi connectivity index (χ0n) is 20.2. The van der Waals surface area contributed by atoms with Gasteiger partial charge in [0.1, 0.15) is 11.5 Å². The maximum Gasteiger partial charge on any atom is 0.352 e. The summed E-state index contributed by atoms with van der Waals surface area (Å²) in [6, 6.07) is 4.04. The van der Waals surface area contributed by atoms with Crippen molar-refractivity contribution < 1.29 is 18.7 Å². The summed E-state index contributed by atoms with van der Waals surface area (Å²) in [5, 5.41) is 11.1. The van der Waals surface area contributed by atoms with Crippen molar-refractivity contribution in [2.75, 3.05) is 26.3 Å². The average molecular weight is 440 g/mol. The van der Waals surface area contributed by atoms with Gasteiger partial charge < -0.3 is 14.2 Å². The molecule has 0 aromatic heterocycles. The van der Waals surface area contributed by atoms with Crippen LogP contribution in [0.1, 0.15) is 97.1 Å². The van der Waals surface area contributed by atoms with Crippen LogP contribution in [0.5, 0.6) is 5.75 Å². The average Bonchev–Trinajstić information content (AvgIpc) is 2.62. The molecule has 1 aliphatic rings. The fourth-order valence-corrected chi connectivity index (χ4v) is 6.47. The minimum atomic E-state index is -3.43. The summed E-state index contributed by atoms with van der Waals surface area (Å²) in [5.41, 5.74) is 2.13. The molecule has 1 atom stereocenters. The topological polar surface area (TPSA) is 59.0 Å². The number of hydrogen-bond donors (Lipinski definition) is 1. The van der Waals surface area contributed by atoms with E-state index in [1.807, 2.05) is 26.0 Å². The minimum absolute atomic E-state index is 0.256. The van der Waals surface area contributed by atoms with Gasteiger partial charge in [0.15, 0.2) is 0 Å². The maximum atomic E-state index is 14.1. The molecule has 0 aliphatic carbocycles. The third-order valence-corrected chi connectivity index (χ3v) is 8.16. The van der Waals surface area contributed by atoms with E-state index in [1.54, 1.807) is 0 Å². The second kappa shape index (κ2) is 9.73. The SMILES string of the molecule is CCOP(=O)(OCC)[C@H](c1cc(C(C)(C)C)c(O)c(C(C)(C)C)c1)N1CCCCC1. The Kier molecular flexibility index (Phi) is 8.23. The molecule has 1 aliphatic heterocycles. The van der Waals surface area contributed by atoms with Gasteiger partial charge >= 0.3 is 7.60 Å². The van der Waals surface area contributed by atoms with Crippen LogP contribution in [0, 0.1) is 0 Å². The molecular weight excluding hydrogens is 397 g/mol. The summed E-state index contributed by atoms with van der Waals surface area (Å²) in [4.78, 5) is 2.26. The highest BCUT2D eigenvalue weighted by molar-refractivity contribution is 7.54. The van der Waals surface area contributed by atoms with E-state index in [0.29, 0.717) is 19.0 Å². The highest BCUT2D eigenvalue weighted by Crippen LogP contribution is 2.63. The van der Waals surface area contributed by atoms with E-state index in [-0.39, 0.29) is 10.8 Å². The Balaban J connectivity index is 2.77. The van der Waals surface area contributed by atoms with Crippen LogP contribution >= 0.6 is 7.60 Å². The van der Waals surface area contributed by atoms with E-state index >= 15 is 0 Å². The second-order valence-electron chi connectivity index (χ2n) is 10.3. The van der Waals surface area contributed by atoms with Crippen LogP contribution in [-0.2, 0) is 24.4 Å². The van der Waals surface area contributed by atoms with Gasteiger partial charge in [0, 0.05) is 0 Å². The normalized spacial score (nSPS) is 17.9. The molecule has 6 heteroatoms. The molecule has 2 rings (SSSR count). The smallest absolute Gasteiger partial charge is 0.352 e. The van der Waals surface area contributed by atoms with Crippen LogP contribution in [0.2, 0.25) is 0 Å². The molecule has 0 amide bonds. The van der Waals surface area contributed by atoms with Crippen molar-refractivity contribution in [1.82, 2.24) is 4.90 Å². The fraction of sp³-hybridized carbons (Fsp3) is 0.750. The molecule has 0 unspecified atom stereocenters. The lowest BCUT2D eigenvalue weighted by atomic mass is 9.78. The van der Waals surface area contributed by atoms with E-state index in [4.69, 9.17) is 9.05 Å². The molecule has 0 spiro atoms. The predicted octanol–water partition coefficient (Wildman–Crippen LogP) is 6.74. The third kappa shape index (κ3) is 5.68. The number of piperidine rings is 1. The second-order valence-corrected chi connectivity index (χ2v) is 12.4. The van der Waals surface area contributed by atoms with Gasteiger partial charge in [0.05, 0.1) is 13.2 Å². The van der Waals surface area contributed by atoms with Crippen molar-refractivity contribution in [2.24, 2.45) is 0 Å². The van der Waals surface area contributed by atoms with Crippen LogP contribution in [-0.4, -0.2) is 36.3 Å². The van der Waals surface area contributed by atoms with Gasteiger partial charge in [-0.05, 0) is 79.4 Å². The first-order chi connectivity index (χ1) is 13.8. The van der Waals surface area contributed by atoms with Crippen LogP contribution in [0.3, 0.4) is 0 Å². The molecule has 1 aromatic rings. The Bertz CT molecular complexity index is 712. The number of benzene rings is 1. The zero-order valence-corrected chi connectivity index (χ0v) is 21.1. The molecule has 0 bridgehead atoms. The molecule has 1 N–H and O–H groups in total. The highest BCUT2D eigenvalue weighted by atomic mass is 31.2. The first-order valence-corrected chi connectivity index (χ1v) is 13.0. The Morgan fingerprint density at radius 1 is 0.933 bits per heavy atom. The molecule has 1 heterocycles. The van der Waals surface area contributed by atoms with E-state index in [0.717, 1.165) is 42.6 Å². The van der Waals surface area contributed by atoms with Gasteiger partial charge in [-0.15, -0.1) is 0 Å². The van der Waals surface area contributed by atoms with Crippen molar-refractivity contribution in [2.45, 2.75) is 91.3 Å². The summed E-state index contributed by atoms with van der Waals surface area (Å²) < 4.78 is 25.8. The summed E-state index contributed by atoms with van der Waals surface area (Å²) in [6.07, 6.45) is 3.34. The molecule has 5 nitrogen and oxygen atoms in total. The van der Waals surface area contributed by atoms with Crippen LogP contribution < -0.4 is 0 Å². The number of hydrogen-bond acceptors (Lipinski definition) is 5. The lowest BCUT2D eigenvalue weighted by molar-refractivity contribution is 0.147. The molecule has 172 valence electrons. The zero-order chi connectivity index (χ0) is 22.7. The standard InChI is InChI=1S/C24H42NO4P/c1-9-28-30(27,29-10-2)22(25-14-12-11-13-15-25)18-16-19(23(3,4)5)21(26)20(17-18)24(6,7)8/h16-17,22,26H,9-15H2,1-8H3/t22-/m1/s1. The number of phenolic OH excluding ortho intramolecular Hbond substituents is 1. The largest absolute Gasteiger partial charge is 0.507 e. The van der Waals surface area contributed by atoms with Crippen molar-refractivity contribution in [3.05, 3.63) is 28.8 Å². The highest BCUT2D eigenvalue weighted by Gasteiger charge is 2.43. The Labute approximate surface area is 183 Å². The Morgan fingerprint density at radius 2 is 1.37 bits per heavy atom. The van der Waals surface area contributed by atoms with Crippen LogP contribution in [0.4, 0.5) is 0 Å². The van der Waals surface area contributed by atoms with Crippen LogP contribution in [0.15, 0.2) is 12.1 Å². The van der Waals surface area contributed by atoms with E-state index in [1.165, 1.54) is 6.42 Å². The molecular formula is C24H42NO4P. The third-order valence-electron chi connectivity index (χ3n) is 5.70. The van der Waals surface area contributed by atoms with Crippen molar-refractivity contribution in [1.29, 1.82) is 0 Å². The first-order valence-electron chi connectivity index (χ1n) is 11.4. The molecule has 1 fully saturated rings. The molecule has 1 saturated heterocycles. The lowest BCUT2D eigenvalue weighted by Crippen LogP contribution is -2.35. The van der Waals surface area contributed by atoms with Gasteiger partial charge in [-0.3, -0.25) is 9.46 Å². The van der Waals surface area contributed by atoms with Gasteiger partial charge in [-0.1, -0.05) is 48.0 Å². The quantitative estimate of drug-likeness (QED) is 0.477. The van der Waals surface area contributed by atoms with Crippen molar-refractivity contribution >= 4 is 7.60 Å². The summed E-state index contributed by atoms with van der Waals surface area (Å²) in [5.74, 6) is -0.140. The number of phenols is 1. The van der Waals surface area contributed by atoms with Gasteiger partial charge in [-0.2, -0.15) is 0 Å². The first kappa shape index (κ1) is 25.4. The molecule has 30 heavy (non-hydrogen) atoms. The van der Waals surface area contributed by atoms with E-state index in [9.17, 15) is 9.67 Å². The number of nitrogens with zero attached hydrogens (tertiary/aromatic N) is 1. The monoisotopic (exact) mass is 439 g/mol. The maximum absolute atomic E-state index is 14.1. The van der Waals surface area contributed by atoms with Crippen molar-refractivity contribution in [3.8, 4) is 5.75 Å². The van der Waals surface area contributed by atoms with Gasteiger partial charge in [-0.25, -0.2) is 0 Å². The van der Waals surface area contributed by atoms with Crippen molar-refractivity contribution in [3.63, 3.8) is 0 Å². The Morgan fingerprint density at radius 3 is 1.73 bits per heavy atom. The number of aromatic hydroxyl groups is 1.